The zero-order valence-corrected chi connectivity index (χ0v) is 16.5. The molecule has 4 rings (SSSR count). The largest absolute Gasteiger partial charge is 0.389 e. The average Bonchev–Trinajstić information content (AvgIpc) is 3.07. The predicted octanol–water partition coefficient (Wildman–Crippen LogP) is 1.47. The lowest BCUT2D eigenvalue weighted by atomic mass is 10.0. The second-order valence-electron chi connectivity index (χ2n) is 8.25. The molecule has 0 aromatic carbocycles. The minimum atomic E-state index is -0.253. The van der Waals surface area contributed by atoms with E-state index in [1.807, 2.05) is 0 Å². The Morgan fingerprint density at radius 3 is 2.63 bits per heavy atom. The Balaban J connectivity index is 1.45. The van der Waals surface area contributed by atoms with E-state index in [1.165, 1.54) is 38.8 Å². The predicted molar refractivity (Wildman–Crippen MR) is 107 cm³/mol. The topological polar surface area (TPSA) is 65.0 Å². The molecule has 0 bridgehead atoms. The van der Waals surface area contributed by atoms with Gasteiger partial charge in [-0.05, 0) is 32.4 Å². The second-order valence-corrected chi connectivity index (χ2v) is 8.25. The van der Waals surface area contributed by atoms with E-state index in [0.29, 0.717) is 19.0 Å². The second kappa shape index (κ2) is 8.71. The van der Waals surface area contributed by atoms with Gasteiger partial charge in [-0.15, -0.1) is 0 Å². The van der Waals surface area contributed by atoms with Crippen LogP contribution in [0.4, 0.5) is 11.8 Å². The Bertz CT molecular complexity index is 608. The molecule has 4 heterocycles. The number of anilines is 2. The number of hydrogen-bond donors (Lipinski definition) is 1. The first-order valence-electron chi connectivity index (χ1n) is 10.5. The fourth-order valence-corrected chi connectivity index (χ4v) is 4.14. The number of hydrogen-bond acceptors (Lipinski definition) is 7. The van der Waals surface area contributed by atoms with Gasteiger partial charge in [0.25, 0.3) is 0 Å². The van der Waals surface area contributed by atoms with Crippen LogP contribution in [-0.2, 0) is 4.74 Å². The summed E-state index contributed by atoms with van der Waals surface area (Å²) in [6, 6.07) is 2.14. The van der Waals surface area contributed by atoms with E-state index in [1.54, 1.807) is 0 Å². The molecule has 3 aliphatic heterocycles. The molecular formula is C20H33N5O2. The van der Waals surface area contributed by atoms with Crippen LogP contribution in [0.25, 0.3) is 0 Å². The van der Waals surface area contributed by atoms with Gasteiger partial charge in [0, 0.05) is 51.8 Å². The van der Waals surface area contributed by atoms with Crippen molar-refractivity contribution in [3.63, 3.8) is 0 Å². The highest BCUT2D eigenvalue weighted by Gasteiger charge is 2.29. The van der Waals surface area contributed by atoms with E-state index in [-0.39, 0.29) is 6.10 Å². The third kappa shape index (κ3) is 4.70. The van der Waals surface area contributed by atoms with Gasteiger partial charge in [0.1, 0.15) is 5.82 Å². The quantitative estimate of drug-likeness (QED) is 0.808. The number of aromatic nitrogens is 2. The maximum absolute atomic E-state index is 9.66. The van der Waals surface area contributed by atoms with Crippen LogP contribution in [0.1, 0.15) is 43.7 Å². The van der Waals surface area contributed by atoms with Crippen molar-refractivity contribution in [2.75, 3.05) is 69.3 Å². The Morgan fingerprint density at radius 2 is 1.96 bits per heavy atom. The van der Waals surface area contributed by atoms with E-state index in [4.69, 9.17) is 14.7 Å². The lowest BCUT2D eigenvalue weighted by Gasteiger charge is -2.36. The zero-order chi connectivity index (χ0) is 18.6. The van der Waals surface area contributed by atoms with E-state index >= 15 is 0 Å². The van der Waals surface area contributed by atoms with Gasteiger partial charge in [0.15, 0.2) is 0 Å². The number of nitrogens with zero attached hydrogens (tertiary/aromatic N) is 5. The summed E-state index contributed by atoms with van der Waals surface area (Å²) in [7, 11) is 2.13. The van der Waals surface area contributed by atoms with Crippen LogP contribution in [0.15, 0.2) is 6.07 Å². The lowest BCUT2D eigenvalue weighted by Crippen LogP contribution is -2.51. The van der Waals surface area contributed by atoms with Crippen LogP contribution in [0.3, 0.4) is 0 Å². The number of aliphatic hydroxyl groups excluding tert-OH is 1. The first-order chi connectivity index (χ1) is 13.2. The molecule has 0 spiro atoms. The number of β-amino-alcohol motifs (C(OH)–C–C–N with tert-alkyl or cyclic N) is 1. The number of aliphatic hydroxyl groups is 1. The Hall–Kier alpha value is -1.44. The molecule has 3 fully saturated rings. The smallest absolute Gasteiger partial charge is 0.227 e. The van der Waals surface area contributed by atoms with Crippen LogP contribution < -0.4 is 9.80 Å². The van der Waals surface area contributed by atoms with E-state index < -0.39 is 0 Å². The van der Waals surface area contributed by atoms with Crippen molar-refractivity contribution in [1.29, 1.82) is 0 Å². The Morgan fingerprint density at radius 1 is 1.19 bits per heavy atom. The summed E-state index contributed by atoms with van der Waals surface area (Å²) in [5.41, 5.74) is 1.08. The van der Waals surface area contributed by atoms with Crippen LogP contribution in [0.5, 0.6) is 0 Å². The van der Waals surface area contributed by atoms with Gasteiger partial charge < -0.3 is 24.5 Å². The molecule has 7 heteroatoms. The highest BCUT2D eigenvalue weighted by molar-refractivity contribution is 5.47. The minimum Gasteiger partial charge on any atom is -0.389 e. The monoisotopic (exact) mass is 375 g/mol. The molecule has 0 unspecified atom stereocenters. The van der Waals surface area contributed by atoms with Crippen LogP contribution >= 0.6 is 0 Å². The summed E-state index contributed by atoms with van der Waals surface area (Å²) in [6.07, 6.45) is 6.16. The van der Waals surface area contributed by atoms with Gasteiger partial charge in [-0.3, -0.25) is 0 Å². The van der Waals surface area contributed by atoms with Gasteiger partial charge in [0.2, 0.25) is 5.95 Å². The molecule has 0 radical (unpaired) electrons. The van der Waals surface area contributed by atoms with E-state index in [0.717, 1.165) is 50.2 Å². The van der Waals surface area contributed by atoms with Crippen molar-refractivity contribution in [3.8, 4) is 0 Å². The molecule has 150 valence electrons. The van der Waals surface area contributed by atoms with E-state index in [2.05, 4.69) is 27.8 Å². The number of likely N-dealkylation sites (N-methyl/N-ethyl adjacent to an activating group) is 1. The fraction of sp³-hybridized carbons (Fsp3) is 0.800. The maximum atomic E-state index is 9.66. The lowest BCUT2D eigenvalue weighted by molar-refractivity contribution is 0.140. The first-order valence-corrected chi connectivity index (χ1v) is 10.5. The number of likely N-dealkylation sites (tertiary alicyclic amines) is 1. The van der Waals surface area contributed by atoms with Crippen molar-refractivity contribution in [2.45, 2.75) is 44.1 Å². The van der Waals surface area contributed by atoms with E-state index in [9.17, 15) is 5.11 Å². The molecule has 0 saturated carbocycles. The zero-order valence-electron chi connectivity index (χ0n) is 16.5. The van der Waals surface area contributed by atoms with Crippen molar-refractivity contribution < 1.29 is 9.84 Å². The van der Waals surface area contributed by atoms with Gasteiger partial charge in [-0.2, -0.15) is 4.98 Å². The fourth-order valence-electron chi connectivity index (χ4n) is 4.14. The third-order valence-corrected chi connectivity index (χ3v) is 6.06. The summed E-state index contributed by atoms with van der Waals surface area (Å²) >= 11 is 0. The summed E-state index contributed by atoms with van der Waals surface area (Å²) < 4.78 is 5.57. The summed E-state index contributed by atoms with van der Waals surface area (Å²) in [5.74, 6) is 2.09. The molecule has 0 amide bonds. The van der Waals surface area contributed by atoms with Crippen LogP contribution in [0, 0.1) is 0 Å². The number of rotatable bonds is 6. The molecule has 3 saturated heterocycles. The molecule has 1 atom stereocenters. The molecular weight excluding hydrogens is 342 g/mol. The third-order valence-electron chi connectivity index (χ3n) is 6.06. The van der Waals surface area contributed by atoms with Crippen molar-refractivity contribution in [1.82, 2.24) is 14.9 Å². The van der Waals surface area contributed by atoms with Gasteiger partial charge >= 0.3 is 0 Å². The molecule has 1 aromatic rings. The average molecular weight is 376 g/mol. The standard InChI is InChI=1S/C20H33N5O2/c1-23(9-10-24-7-4-2-3-5-8-24)19-12-18(16-6-11-27-15-16)21-20(22-19)25-13-17(26)14-25/h12,16-17,26H,2-11,13-15H2,1H3/t16-/m1/s1. The molecule has 1 aromatic heterocycles. The van der Waals surface area contributed by atoms with Crippen molar-refractivity contribution >= 4 is 11.8 Å². The summed E-state index contributed by atoms with van der Waals surface area (Å²) in [4.78, 5) is 16.5. The van der Waals surface area contributed by atoms with Crippen molar-refractivity contribution in [2.24, 2.45) is 0 Å². The summed E-state index contributed by atoms with van der Waals surface area (Å²) in [5, 5.41) is 9.66. The molecule has 1 N–H and O–H groups in total. The molecule has 0 aliphatic carbocycles. The molecule has 3 aliphatic rings. The summed E-state index contributed by atoms with van der Waals surface area (Å²) in [6.45, 7) is 7.31. The first kappa shape index (κ1) is 18.9. The maximum Gasteiger partial charge on any atom is 0.227 e. The minimum absolute atomic E-state index is 0.253. The van der Waals surface area contributed by atoms with Crippen molar-refractivity contribution in [3.05, 3.63) is 11.8 Å². The van der Waals surface area contributed by atoms with Crippen LogP contribution in [-0.4, -0.2) is 85.6 Å². The Labute approximate surface area is 162 Å². The normalized spacial score (nSPS) is 24.7. The van der Waals surface area contributed by atoms with Gasteiger partial charge in [0.05, 0.1) is 18.4 Å². The van der Waals surface area contributed by atoms with Crippen LogP contribution in [0.2, 0.25) is 0 Å². The number of ether oxygens (including phenoxy) is 1. The highest BCUT2D eigenvalue weighted by Crippen LogP contribution is 2.29. The van der Waals surface area contributed by atoms with Gasteiger partial charge in [-0.1, -0.05) is 12.8 Å². The molecule has 7 nitrogen and oxygen atoms in total. The SMILES string of the molecule is CN(CCN1CCCCCC1)c1cc([C@@H]2CCOC2)nc(N2CC(O)C2)n1. The van der Waals surface area contributed by atoms with Gasteiger partial charge in [-0.25, -0.2) is 4.98 Å². The Kier molecular flexibility index (Phi) is 6.10. The molecule has 27 heavy (non-hydrogen) atoms. The highest BCUT2D eigenvalue weighted by atomic mass is 16.5.